The summed E-state index contributed by atoms with van der Waals surface area (Å²) in [7, 11) is 0. The van der Waals surface area contributed by atoms with Crippen LogP contribution in [0.3, 0.4) is 0 Å². The van der Waals surface area contributed by atoms with Crippen LogP contribution < -0.4 is 15.5 Å². The van der Waals surface area contributed by atoms with Gasteiger partial charge in [-0.2, -0.15) is 0 Å². The number of carboxylic acid groups (broad SMARTS) is 1. The van der Waals surface area contributed by atoms with E-state index in [4.69, 9.17) is 9.47 Å². The molecule has 7 heteroatoms. The van der Waals surface area contributed by atoms with Gasteiger partial charge in [0.25, 0.3) is 0 Å². The Balaban J connectivity index is 2.23. The highest BCUT2D eigenvalue weighted by atomic mass is 16.5. The Hall–Kier alpha value is -2.64. The Morgan fingerprint density at radius 3 is 2.32 bits per heavy atom. The number of pyridine rings is 1. The van der Waals surface area contributed by atoms with Gasteiger partial charge in [0.1, 0.15) is 5.75 Å². The molecule has 1 aliphatic rings. The lowest BCUT2D eigenvalue weighted by Crippen LogP contribution is -2.37. The van der Waals surface area contributed by atoms with E-state index in [0.717, 1.165) is 25.9 Å². The van der Waals surface area contributed by atoms with Crippen molar-refractivity contribution in [1.82, 2.24) is 9.88 Å². The van der Waals surface area contributed by atoms with Gasteiger partial charge in [0.05, 0.1) is 17.0 Å². The van der Waals surface area contributed by atoms with Gasteiger partial charge in [-0.15, -0.1) is 0 Å². The van der Waals surface area contributed by atoms with Gasteiger partial charge in [0.15, 0.2) is 11.9 Å². The lowest BCUT2D eigenvalue weighted by Gasteiger charge is -2.35. The average molecular weight is 429 g/mol. The smallest absolute Gasteiger partial charge is 0.339 e. The fraction of sp³-hybridized carbons (Fsp3) is 0.500. The number of carbonyl (C=O) groups is 1. The summed E-state index contributed by atoms with van der Waals surface area (Å²) >= 11 is 0. The molecule has 0 aliphatic carbocycles. The SMILES string of the molecule is Cc1c(C(OC(C)(C)C)C(=O)O)n(C2CCNCC2)c(C)c(Oc2ccccc2)c1=O. The van der Waals surface area contributed by atoms with E-state index < -0.39 is 17.7 Å². The summed E-state index contributed by atoms with van der Waals surface area (Å²) in [5, 5.41) is 13.4. The molecule has 168 valence electrons. The number of benzene rings is 1. The van der Waals surface area contributed by atoms with Crippen molar-refractivity contribution in [3.8, 4) is 11.5 Å². The molecular formula is C24H32N2O5. The monoisotopic (exact) mass is 428 g/mol. The highest BCUT2D eigenvalue weighted by molar-refractivity contribution is 5.74. The zero-order valence-electron chi connectivity index (χ0n) is 18.9. The van der Waals surface area contributed by atoms with E-state index in [9.17, 15) is 14.7 Å². The normalized spacial score (nSPS) is 16.2. The van der Waals surface area contributed by atoms with Crippen LogP contribution in [0.25, 0.3) is 0 Å². The molecule has 2 heterocycles. The Labute approximate surface area is 183 Å². The fourth-order valence-corrected chi connectivity index (χ4v) is 4.08. The molecule has 0 spiro atoms. The lowest BCUT2D eigenvalue weighted by molar-refractivity contribution is -0.161. The van der Waals surface area contributed by atoms with Crippen molar-refractivity contribution in [2.24, 2.45) is 0 Å². The van der Waals surface area contributed by atoms with Crippen LogP contribution in [-0.2, 0) is 9.53 Å². The quantitative estimate of drug-likeness (QED) is 0.719. The molecule has 1 aliphatic heterocycles. The molecule has 0 saturated carbocycles. The van der Waals surface area contributed by atoms with E-state index in [0.29, 0.717) is 22.7 Å². The molecule has 2 aromatic rings. The molecule has 1 saturated heterocycles. The number of carboxylic acids is 1. The number of hydrogen-bond acceptors (Lipinski definition) is 5. The maximum atomic E-state index is 13.3. The van der Waals surface area contributed by atoms with Crippen molar-refractivity contribution in [2.45, 2.75) is 65.2 Å². The molecule has 0 amide bonds. The molecule has 2 N–H and O–H groups in total. The first-order chi connectivity index (χ1) is 14.6. The molecule has 0 radical (unpaired) electrons. The summed E-state index contributed by atoms with van der Waals surface area (Å²) in [4.78, 5) is 25.6. The Morgan fingerprint density at radius 2 is 1.77 bits per heavy atom. The van der Waals surface area contributed by atoms with E-state index in [1.807, 2.05) is 50.5 Å². The first-order valence-electron chi connectivity index (χ1n) is 10.7. The third-order valence-electron chi connectivity index (χ3n) is 5.46. The lowest BCUT2D eigenvalue weighted by atomic mass is 10.00. The first-order valence-corrected chi connectivity index (χ1v) is 10.7. The van der Waals surface area contributed by atoms with E-state index in [2.05, 4.69) is 5.32 Å². The number of para-hydroxylation sites is 1. The summed E-state index contributed by atoms with van der Waals surface area (Å²) in [6, 6.07) is 9.19. The van der Waals surface area contributed by atoms with Gasteiger partial charge in [0, 0.05) is 11.6 Å². The van der Waals surface area contributed by atoms with Gasteiger partial charge in [0.2, 0.25) is 5.43 Å². The van der Waals surface area contributed by atoms with E-state index in [-0.39, 0.29) is 17.2 Å². The van der Waals surface area contributed by atoms with Gasteiger partial charge in [-0.1, -0.05) is 18.2 Å². The van der Waals surface area contributed by atoms with Crippen molar-refractivity contribution in [3.05, 3.63) is 57.5 Å². The van der Waals surface area contributed by atoms with Crippen molar-refractivity contribution in [2.75, 3.05) is 13.1 Å². The van der Waals surface area contributed by atoms with Gasteiger partial charge in [-0.25, -0.2) is 4.79 Å². The topological polar surface area (TPSA) is 89.8 Å². The maximum absolute atomic E-state index is 13.3. The van der Waals surface area contributed by atoms with Crippen LogP contribution >= 0.6 is 0 Å². The summed E-state index contributed by atoms with van der Waals surface area (Å²) in [5.41, 5.74) is 0.344. The molecule has 7 nitrogen and oxygen atoms in total. The molecule has 1 atom stereocenters. The number of hydrogen-bond donors (Lipinski definition) is 2. The second kappa shape index (κ2) is 9.24. The van der Waals surface area contributed by atoms with E-state index in [1.54, 1.807) is 19.1 Å². The highest BCUT2D eigenvalue weighted by Gasteiger charge is 2.35. The third kappa shape index (κ3) is 5.17. The van der Waals surface area contributed by atoms with Gasteiger partial charge in [-0.05, 0) is 72.7 Å². The molecule has 31 heavy (non-hydrogen) atoms. The molecule has 0 bridgehead atoms. The molecule has 1 aromatic carbocycles. The number of ether oxygens (including phenoxy) is 2. The number of nitrogens with zero attached hydrogens (tertiary/aromatic N) is 1. The Kier molecular flexibility index (Phi) is 6.86. The largest absolute Gasteiger partial charge is 0.479 e. The summed E-state index contributed by atoms with van der Waals surface area (Å²) in [6.07, 6.45) is 0.387. The highest BCUT2D eigenvalue weighted by Crippen LogP contribution is 2.35. The molecule has 1 unspecified atom stereocenters. The van der Waals surface area contributed by atoms with E-state index >= 15 is 0 Å². The zero-order valence-corrected chi connectivity index (χ0v) is 18.9. The van der Waals surface area contributed by atoms with Gasteiger partial charge < -0.3 is 24.5 Å². The second-order valence-electron chi connectivity index (χ2n) is 8.97. The van der Waals surface area contributed by atoms with Crippen LogP contribution in [0.2, 0.25) is 0 Å². The van der Waals surface area contributed by atoms with Gasteiger partial charge >= 0.3 is 5.97 Å². The minimum absolute atomic E-state index is 0.0408. The number of nitrogens with one attached hydrogen (secondary N) is 1. The van der Waals surface area contributed by atoms with Crippen molar-refractivity contribution in [1.29, 1.82) is 0 Å². The molecular weight excluding hydrogens is 396 g/mol. The third-order valence-corrected chi connectivity index (χ3v) is 5.46. The van der Waals surface area contributed by atoms with Crippen LogP contribution in [0.4, 0.5) is 0 Å². The molecule has 1 fully saturated rings. The minimum Gasteiger partial charge on any atom is -0.479 e. The van der Waals surface area contributed by atoms with Crippen molar-refractivity contribution >= 4 is 5.97 Å². The number of aliphatic carboxylic acids is 1. The number of rotatable bonds is 6. The number of aromatic nitrogens is 1. The first kappa shape index (κ1) is 23.0. The second-order valence-corrected chi connectivity index (χ2v) is 8.97. The summed E-state index contributed by atoms with van der Waals surface area (Å²) in [6.45, 7) is 10.6. The maximum Gasteiger partial charge on any atom is 0.339 e. The van der Waals surface area contributed by atoms with E-state index in [1.165, 1.54) is 0 Å². The van der Waals surface area contributed by atoms with Crippen LogP contribution in [0.15, 0.2) is 35.1 Å². The van der Waals surface area contributed by atoms with Crippen LogP contribution in [0.1, 0.15) is 62.7 Å². The Morgan fingerprint density at radius 1 is 1.16 bits per heavy atom. The zero-order chi connectivity index (χ0) is 22.8. The minimum atomic E-state index is -1.26. The molecule has 3 rings (SSSR count). The Bertz CT molecular complexity index is 986. The number of piperidine rings is 1. The van der Waals surface area contributed by atoms with Crippen LogP contribution in [0.5, 0.6) is 11.5 Å². The van der Waals surface area contributed by atoms with Crippen LogP contribution in [0, 0.1) is 13.8 Å². The predicted octanol–water partition coefficient (Wildman–Crippen LogP) is 4.12. The van der Waals surface area contributed by atoms with Crippen LogP contribution in [-0.4, -0.2) is 34.3 Å². The van der Waals surface area contributed by atoms with Crippen molar-refractivity contribution < 1.29 is 19.4 Å². The standard InChI is InChI=1S/C24H32N2O5/c1-15-19(22(23(28)29)31-24(3,4)5)26(17-11-13-25-14-12-17)16(2)21(20(15)27)30-18-9-7-6-8-10-18/h6-10,17,22,25H,11-14H2,1-5H3,(H,28,29). The average Bonchev–Trinajstić information content (AvgIpc) is 2.73. The predicted molar refractivity (Wildman–Crippen MR) is 119 cm³/mol. The fourth-order valence-electron chi connectivity index (χ4n) is 4.08. The summed E-state index contributed by atoms with van der Waals surface area (Å²) < 4.78 is 13.9. The summed E-state index contributed by atoms with van der Waals surface area (Å²) in [5.74, 6) is -0.324. The molecule has 1 aromatic heterocycles. The van der Waals surface area contributed by atoms with Gasteiger partial charge in [-0.3, -0.25) is 4.79 Å². The van der Waals surface area contributed by atoms with Crippen molar-refractivity contribution in [3.63, 3.8) is 0 Å².